The van der Waals surface area contributed by atoms with Gasteiger partial charge in [-0.1, -0.05) is 6.07 Å². The van der Waals surface area contributed by atoms with Crippen LogP contribution in [0.25, 0.3) is 11.0 Å². The molecule has 0 radical (unpaired) electrons. The second kappa shape index (κ2) is 6.92. The number of hydrogen-bond acceptors (Lipinski definition) is 6. The Morgan fingerprint density at radius 3 is 3.03 bits per heavy atom. The standard InChI is InChI=1S/C22H19N5OS2/c1-11-5-6-13-15(9-11)26-22(25-13)30-18-8-7-17(29-18)19-12-10-23-27-21(12)24-14-3-2-4-16(28)20(14)19/h5-10,19-20H,2-4H2,1H3,(H,23,27)(H,25,26). The number of Topliss-reactive ketones (excluding diaryl/α,β-unsaturated/α-hetero) is 1. The zero-order valence-electron chi connectivity index (χ0n) is 16.3. The van der Waals surface area contributed by atoms with Gasteiger partial charge in [0.15, 0.2) is 11.0 Å². The molecule has 1 aromatic carbocycles. The van der Waals surface area contributed by atoms with Crippen molar-refractivity contribution in [2.75, 3.05) is 0 Å². The zero-order valence-corrected chi connectivity index (χ0v) is 17.9. The van der Waals surface area contributed by atoms with Crippen LogP contribution in [-0.4, -0.2) is 31.7 Å². The highest BCUT2D eigenvalue weighted by Gasteiger charge is 2.42. The molecule has 1 fully saturated rings. The van der Waals surface area contributed by atoms with E-state index in [0.717, 1.165) is 50.3 Å². The lowest BCUT2D eigenvalue weighted by Crippen LogP contribution is -2.35. The Balaban J connectivity index is 1.34. The lowest BCUT2D eigenvalue weighted by atomic mass is 9.73. The first-order chi connectivity index (χ1) is 14.7. The normalized spacial score (nSPS) is 20.8. The minimum absolute atomic E-state index is 0.00303. The molecule has 1 aliphatic carbocycles. The third-order valence-corrected chi connectivity index (χ3v) is 8.04. The summed E-state index contributed by atoms with van der Waals surface area (Å²) >= 11 is 3.36. The number of carbonyl (C=O) groups excluding carboxylic acids is 1. The molecule has 0 spiro atoms. The maximum atomic E-state index is 12.8. The Kier molecular flexibility index (Phi) is 4.17. The molecule has 30 heavy (non-hydrogen) atoms. The summed E-state index contributed by atoms with van der Waals surface area (Å²) in [6.45, 7) is 2.08. The summed E-state index contributed by atoms with van der Waals surface area (Å²) in [4.78, 5) is 26.9. The molecule has 2 atom stereocenters. The molecule has 0 saturated heterocycles. The van der Waals surface area contributed by atoms with Crippen molar-refractivity contribution in [2.45, 2.75) is 41.5 Å². The van der Waals surface area contributed by atoms with Crippen LogP contribution in [0.3, 0.4) is 0 Å². The second-order valence-corrected chi connectivity index (χ2v) is 10.3. The van der Waals surface area contributed by atoms with E-state index in [2.05, 4.69) is 46.4 Å². The molecule has 0 bridgehead atoms. The third kappa shape index (κ3) is 2.94. The fourth-order valence-corrected chi connectivity index (χ4v) is 6.71. The molecule has 4 heterocycles. The Bertz CT molecular complexity index is 1310. The summed E-state index contributed by atoms with van der Waals surface area (Å²) in [6.07, 6.45) is 4.24. The second-order valence-electron chi connectivity index (χ2n) is 7.87. The van der Waals surface area contributed by atoms with Gasteiger partial charge in [0.25, 0.3) is 0 Å². The maximum Gasteiger partial charge on any atom is 0.172 e. The number of imidazole rings is 1. The number of aryl methyl sites for hydroxylation is 1. The Labute approximate surface area is 181 Å². The predicted octanol–water partition coefficient (Wildman–Crippen LogP) is 5.39. The van der Waals surface area contributed by atoms with Gasteiger partial charge in [0.05, 0.1) is 27.4 Å². The van der Waals surface area contributed by atoms with E-state index in [1.54, 1.807) is 23.1 Å². The van der Waals surface area contributed by atoms with Crippen molar-refractivity contribution in [3.63, 3.8) is 0 Å². The topological polar surface area (TPSA) is 86.8 Å². The number of aliphatic imine (C=N–C) groups is 1. The van der Waals surface area contributed by atoms with Crippen LogP contribution in [0.5, 0.6) is 0 Å². The smallest absolute Gasteiger partial charge is 0.172 e. The van der Waals surface area contributed by atoms with E-state index in [1.807, 2.05) is 12.3 Å². The first-order valence-electron chi connectivity index (χ1n) is 10.0. The molecular formula is C22H19N5OS2. The number of nitrogens with zero attached hydrogens (tertiary/aromatic N) is 3. The van der Waals surface area contributed by atoms with Gasteiger partial charge in [-0.2, -0.15) is 5.10 Å². The van der Waals surface area contributed by atoms with Gasteiger partial charge in [0.1, 0.15) is 5.78 Å². The van der Waals surface area contributed by atoms with E-state index in [4.69, 9.17) is 9.98 Å². The van der Waals surface area contributed by atoms with Gasteiger partial charge in [-0.05, 0) is 61.4 Å². The van der Waals surface area contributed by atoms with Gasteiger partial charge in [-0.25, -0.2) is 9.98 Å². The van der Waals surface area contributed by atoms with Crippen molar-refractivity contribution >= 4 is 51.4 Å². The van der Waals surface area contributed by atoms with Crippen molar-refractivity contribution < 1.29 is 4.79 Å². The number of aromatic nitrogens is 4. The number of aromatic amines is 2. The van der Waals surface area contributed by atoms with Crippen molar-refractivity contribution in [3.05, 3.63) is 52.5 Å². The van der Waals surface area contributed by atoms with Crippen LogP contribution in [-0.2, 0) is 4.79 Å². The molecular weight excluding hydrogens is 414 g/mol. The third-order valence-electron chi connectivity index (χ3n) is 5.85. The highest BCUT2D eigenvalue weighted by atomic mass is 32.2. The van der Waals surface area contributed by atoms with E-state index in [-0.39, 0.29) is 11.8 Å². The molecule has 2 unspecified atom stereocenters. The number of thiophene rings is 1. The molecule has 4 aromatic rings. The first kappa shape index (κ1) is 18.1. The van der Waals surface area contributed by atoms with Crippen molar-refractivity contribution in [1.29, 1.82) is 0 Å². The van der Waals surface area contributed by atoms with E-state index in [9.17, 15) is 4.79 Å². The number of H-pyrrole nitrogens is 2. The minimum atomic E-state index is -0.158. The Hall–Kier alpha value is -2.71. The number of benzene rings is 1. The van der Waals surface area contributed by atoms with E-state index in [0.29, 0.717) is 12.2 Å². The number of nitrogens with one attached hydrogen (secondary N) is 2. The van der Waals surface area contributed by atoms with Crippen LogP contribution in [0.2, 0.25) is 0 Å². The molecule has 6 rings (SSSR count). The summed E-state index contributed by atoms with van der Waals surface area (Å²) < 4.78 is 1.15. The first-order valence-corrected chi connectivity index (χ1v) is 11.7. The molecule has 1 saturated carbocycles. The summed E-state index contributed by atoms with van der Waals surface area (Å²) in [6, 6.07) is 10.5. The highest BCUT2D eigenvalue weighted by Crippen LogP contribution is 2.47. The fraction of sp³-hybridized carbons (Fsp3) is 0.273. The van der Waals surface area contributed by atoms with Crippen molar-refractivity contribution in [2.24, 2.45) is 10.9 Å². The van der Waals surface area contributed by atoms with Crippen LogP contribution in [0.15, 0.2) is 50.9 Å². The van der Waals surface area contributed by atoms with E-state index >= 15 is 0 Å². The minimum Gasteiger partial charge on any atom is -0.333 e. The van der Waals surface area contributed by atoms with Crippen LogP contribution in [0.1, 0.15) is 41.2 Å². The fourth-order valence-electron chi connectivity index (χ4n) is 4.49. The number of ketones is 1. The lowest BCUT2D eigenvalue weighted by molar-refractivity contribution is -0.121. The SMILES string of the molecule is Cc1ccc2nc(Sc3ccc(C4c5cn[nH]c5N=C5CCCC(=O)C54)s3)[nH]c2c1. The van der Waals surface area contributed by atoms with Gasteiger partial charge in [-0.3, -0.25) is 9.89 Å². The van der Waals surface area contributed by atoms with Gasteiger partial charge in [0.2, 0.25) is 0 Å². The van der Waals surface area contributed by atoms with E-state index in [1.165, 1.54) is 10.4 Å². The lowest BCUT2D eigenvalue weighted by Gasteiger charge is -2.32. The van der Waals surface area contributed by atoms with Crippen LogP contribution >= 0.6 is 23.1 Å². The average molecular weight is 434 g/mol. The Morgan fingerprint density at radius 2 is 2.10 bits per heavy atom. The zero-order chi connectivity index (χ0) is 20.2. The van der Waals surface area contributed by atoms with Crippen LogP contribution in [0, 0.1) is 12.8 Å². The predicted molar refractivity (Wildman–Crippen MR) is 119 cm³/mol. The number of hydrogen-bond donors (Lipinski definition) is 2. The molecule has 2 N–H and O–H groups in total. The summed E-state index contributed by atoms with van der Waals surface area (Å²) in [7, 11) is 0. The molecule has 0 amide bonds. The molecule has 1 aliphatic heterocycles. The van der Waals surface area contributed by atoms with Gasteiger partial charge in [-0.15, -0.1) is 11.3 Å². The quantitative estimate of drug-likeness (QED) is 0.453. The van der Waals surface area contributed by atoms with Crippen LogP contribution in [0.4, 0.5) is 5.82 Å². The maximum absolute atomic E-state index is 12.8. The average Bonchev–Trinajstić information content (AvgIpc) is 3.45. The van der Waals surface area contributed by atoms with Crippen molar-refractivity contribution in [1.82, 2.24) is 20.2 Å². The molecule has 6 nitrogen and oxygen atoms in total. The monoisotopic (exact) mass is 433 g/mol. The van der Waals surface area contributed by atoms with Gasteiger partial charge < -0.3 is 4.98 Å². The molecule has 8 heteroatoms. The molecule has 2 aliphatic rings. The number of fused-ring (bicyclic) bond motifs is 3. The van der Waals surface area contributed by atoms with Gasteiger partial charge >= 0.3 is 0 Å². The van der Waals surface area contributed by atoms with E-state index < -0.39 is 0 Å². The number of carbonyl (C=O) groups is 1. The van der Waals surface area contributed by atoms with Gasteiger partial charge in [0, 0.05) is 28.5 Å². The summed E-state index contributed by atoms with van der Waals surface area (Å²) in [5, 5.41) is 8.10. The summed E-state index contributed by atoms with van der Waals surface area (Å²) in [5.41, 5.74) is 5.27. The Morgan fingerprint density at radius 1 is 1.17 bits per heavy atom. The molecule has 3 aromatic heterocycles. The van der Waals surface area contributed by atoms with Crippen molar-refractivity contribution in [3.8, 4) is 0 Å². The molecule has 150 valence electrons. The van der Waals surface area contributed by atoms with Crippen LogP contribution < -0.4 is 0 Å². The summed E-state index contributed by atoms with van der Waals surface area (Å²) in [5.74, 6) is 0.939. The highest BCUT2D eigenvalue weighted by molar-refractivity contribution is 8.01. The largest absolute Gasteiger partial charge is 0.333 e. The number of rotatable bonds is 3.